The Labute approximate surface area is 103 Å². The van der Waals surface area contributed by atoms with Crippen molar-refractivity contribution in [2.24, 2.45) is 0 Å². The fourth-order valence-electron chi connectivity index (χ4n) is 1.59. The van der Waals surface area contributed by atoms with Crippen molar-refractivity contribution in [2.45, 2.75) is 6.10 Å². The lowest BCUT2D eigenvalue weighted by atomic mass is 10.3. The average molecular weight is 250 g/mol. The fraction of sp³-hybridized carbons (Fsp3) is 0.333. The summed E-state index contributed by atoms with van der Waals surface area (Å²) in [5, 5.41) is 0. The largest absolute Gasteiger partial charge is 0.485 e. The summed E-state index contributed by atoms with van der Waals surface area (Å²) in [5.74, 6) is -0.0549. The molecule has 1 aliphatic heterocycles. The van der Waals surface area contributed by atoms with Crippen molar-refractivity contribution in [1.82, 2.24) is 9.97 Å². The molecule has 0 aliphatic carbocycles. The molecule has 1 fully saturated rings. The molecular weight excluding hydrogens is 239 g/mol. The number of fused-ring (bicyclic) bond motifs is 1. The summed E-state index contributed by atoms with van der Waals surface area (Å²) in [6.07, 6.45) is 1.18. The molecule has 5 nitrogen and oxygen atoms in total. The average Bonchev–Trinajstić information content (AvgIpc) is 3.21. The Bertz CT molecular complexity index is 587. The topological polar surface area (TPSA) is 56.8 Å². The normalized spacial score (nSPS) is 17.8. The van der Waals surface area contributed by atoms with E-state index in [4.69, 9.17) is 14.2 Å². The number of halogens is 1. The van der Waals surface area contributed by atoms with Gasteiger partial charge in [-0.3, -0.25) is 4.98 Å². The van der Waals surface area contributed by atoms with Gasteiger partial charge in [-0.25, -0.2) is 9.37 Å². The molecule has 0 spiro atoms. The van der Waals surface area contributed by atoms with Gasteiger partial charge in [0.05, 0.1) is 25.4 Å². The number of nitrogens with zero attached hydrogens (tertiary/aromatic N) is 2. The van der Waals surface area contributed by atoms with Gasteiger partial charge in [0.15, 0.2) is 11.6 Å². The van der Waals surface area contributed by atoms with Crippen LogP contribution in [0.5, 0.6) is 11.6 Å². The molecule has 18 heavy (non-hydrogen) atoms. The van der Waals surface area contributed by atoms with E-state index in [0.717, 1.165) is 6.20 Å². The van der Waals surface area contributed by atoms with Crippen LogP contribution in [0, 0.1) is 5.82 Å². The van der Waals surface area contributed by atoms with Crippen molar-refractivity contribution in [1.29, 1.82) is 0 Å². The second-order valence-corrected chi connectivity index (χ2v) is 3.92. The van der Waals surface area contributed by atoms with Gasteiger partial charge in [0.25, 0.3) is 0 Å². The lowest BCUT2D eigenvalue weighted by molar-refractivity contribution is 0.255. The summed E-state index contributed by atoms with van der Waals surface area (Å²) in [4.78, 5) is 8.12. The van der Waals surface area contributed by atoms with E-state index in [-0.39, 0.29) is 11.9 Å². The highest BCUT2D eigenvalue weighted by molar-refractivity contribution is 5.81. The maximum atomic E-state index is 13.7. The first-order chi connectivity index (χ1) is 8.78. The summed E-state index contributed by atoms with van der Waals surface area (Å²) in [6, 6.07) is 3.38. The van der Waals surface area contributed by atoms with Gasteiger partial charge in [-0.2, -0.15) is 0 Å². The number of hydrogen-bond acceptors (Lipinski definition) is 5. The molecule has 2 aromatic heterocycles. The Morgan fingerprint density at radius 1 is 1.50 bits per heavy atom. The summed E-state index contributed by atoms with van der Waals surface area (Å²) < 4.78 is 29.2. The number of methoxy groups -OCH3 is 1. The van der Waals surface area contributed by atoms with E-state index in [2.05, 4.69) is 9.97 Å². The van der Waals surface area contributed by atoms with Crippen molar-refractivity contribution >= 4 is 11.0 Å². The van der Waals surface area contributed by atoms with Crippen LogP contribution in [0.4, 0.5) is 4.39 Å². The lowest BCUT2D eigenvalue weighted by Crippen LogP contribution is -2.07. The third-order valence-electron chi connectivity index (χ3n) is 2.62. The summed E-state index contributed by atoms with van der Waals surface area (Å²) >= 11 is 0. The minimum atomic E-state index is -0.538. The minimum absolute atomic E-state index is 0.0539. The van der Waals surface area contributed by atoms with Gasteiger partial charge >= 0.3 is 0 Å². The van der Waals surface area contributed by atoms with Crippen molar-refractivity contribution < 1.29 is 18.6 Å². The molecule has 0 aromatic carbocycles. The minimum Gasteiger partial charge on any atom is -0.485 e. The van der Waals surface area contributed by atoms with Gasteiger partial charge in [-0.1, -0.05) is 0 Å². The first-order valence-corrected chi connectivity index (χ1v) is 5.51. The molecule has 1 atom stereocenters. The third-order valence-corrected chi connectivity index (χ3v) is 2.62. The molecule has 0 bridgehead atoms. The standard InChI is InChI=1S/C12H11FN2O3/c1-16-10-3-2-9-11(15-10)12(8(13)4-14-9)18-6-7-5-17-7/h2-4,7H,5-6H2,1H3/t7-/m0/s1. The predicted molar refractivity (Wildman–Crippen MR) is 61.3 cm³/mol. The SMILES string of the molecule is COc1ccc2ncc(F)c(OC[C@@H]3CO3)c2n1. The Kier molecular flexibility index (Phi) is 2.71. The number of rotatable bonds is 4. The van der Waals surface area contributed by atoms with Gasteiger partial charge in [0.2, 0.25) is 5.88 Å². The fourth-order valence-corrected chi connectivity index (χ4v) is 1.59. The second-order valence-electron chi connectivity index (χ2n) is 3.92. The molecule has 1 aliphatic rings. The van der Waals surface area contributed by atoms with Crippen LogP contribution in [-0.4, -0.2) is 36.4 Å². The van der Waals surface area contributed by atoms with Gasteiger partial charge in [0, 0.05) is 6.07 Å². The summed E-state index contributed by atoms with van der Waals surface area (Å²) in [6.45, 7) is 0.969. The zero-order valence-electron chi connectivity index (χ0n) is 9.72. The van der Waals surface area contributed by atoms with E-state index < -0.39 is 5.82 Å². The van der Waals surface area contributed by atoms with Crippen LogP contribution in [-0.2, 0) is 4.74 Å². The maximum Gasteiger partial charge on any atom is 0.213 e. The molecule has 3 heterocycles. The monoisotopic (exact) mass is 250 g/mol. The number of aromatic nitrogens is 2. The van der Waals surface area contributed by atoms with Gasteiger partial charge in [0.1, 0.15) is 18.2 Å². The Morgan fingerprint density at radius 3 is 3.06 bits per heavy atom. The van der Waals surface area contributed by atoms with E-state index in [0.29, 0.717) is 30.1 Å². The van der Waals surface area contributed by atoms with Gasteiger partial charge in [-0.15, -0.1) is 0 Å². The molecular formula is C12H11FN2O3. The Morgan fingerprint density at radius 2 is 2.33 bits per heavy atom. The summed E-state index contributed by atoms with van der Waals surface area (Å²) in [7, 11) is 1.50. The van der Waals surface area contributed by atoms with Crippen LogP contribution in [0.2, 0.25) is 0 Å². The molecule has 94 valence electrons. The highest BCUT2D eigenvalue weighted by Crippen LogP contribution is 2.28. The zero-order chi connectivity index (χ0) is 12.5. The van der Waals surface area contributed by atoms with Gasteiger partial charge < -0.3 is 14.2 Å². The van der Waals surface area contributed by atoms with Gasteiger partial charge in [-0.05, 0) is 6.07 Å². The highest BCUT2D eigenvalue weighted by Gasteiger charge is 2.24. The smallest absolute Gasteiger partial charge is 0.213 e. The number of epoxide rings is 1. The predicted octanol–water partition coefficient (Wildman–Crippen LogP) is 1.56. The number of pyridine rings is 2. The van der Waals surface area contributed by atoms with E-state index in [1.807, 2.05) is 0 Å². The first kappa shape index (κ1) is 11.2. The Hall–Kier alpha value is -1.95. The van der Waals surface area contributed by atoms with Crippen LogP contribution in [0.25, 0.3) is 11.0 Å². The first-order valence-electron chi connectivity index (χ1n) is 5.51. The van der Waals surface area contributed by atoms with Crippen molar-refractivity contribution in [2.75, 3.05) is 20.3 Å². The van der Waals surface area contributed by atoms with E-state index >= 15 is 0 Å². The van der Waals surface area contributed by atoms with E-state index in [1.54, 1.807) is 12.1 Å². The van der Waals surface area contributed by atoms with E-state index in [9.17, 15) is 4.39 Å². The quantitative estimate of drug-likeness (QED) is 0.771. The lowest BCUT2D eigenvalue weighted by Gasteiger charge is -2.09. The van der Waals surface area contributed by atoms with Crippen LogP contribution in [0.15, 0.2) is 18.3 Å². The van der Waals surface area contributed by atoms with Crippen LogP contribution < -0.4 is 9.47 Å². The van der Waals surface area contributed by atoms with Crippen molar-refractivity contribution in [3.63, 3.8) is 0 Å². The number of ether oxygens (including phenoxy) is 3. The van der Waals surface area contributed by atoms with Crippen LogP contribution >= 0.6 is 0 Å². The van der Waals surface area contributed by atoms with Crippen LogP contribution in [0.3, 0.4) is 0 Å². The molecule has 0 amide bonds. The third kappa shape index (κ3) is 2.06. The molecule has 1 saturated heterocycles. The molecule has 6 heteroatoms. The molecule has 0 saturated carbocycles. The summed E-state index contributed by atoms with van der Waals surface area (Å²) in [5.41, 5.74) is 0.916. The zero-order valence-corrected chi connectivity index (χ0v) is 9.72. The van der Waals surface area contributed by atoms with Crippen LogP contribution in [0.1, 0.15) is 0 Å². The molecule has 3 rings (SSSR count). The highest BCUT2D eigenvalue weighted by atomic mass is 19.1. The molecule has 0 N–H and O–H groups in total. The Balaban J connectivity index is 2.03. The van der Waals surface area contributed by atoms with Crippen molar-refractivity contribution in [3.8, 4) is 11.6 Å². The molecule has 0 unspecified atom stereocenters. The second kappa shape index (κ2) is 4.38. The molecule has 2 aromatic rings. The maximum absolute atomic E-state index is 13.7. The number of hydrogen-bond donors (Lipinski definition) is 0. The van der Waals surface area contributed by atoms with E-state index in [1.165, 1.54) is 7.11 Å². The van der Waals surface area contributed by atoms with Crippen molar-refractivity contribution in [3.05, 3.63) is 24.1 Å². The molecule has 0 radical (unpaired) electrons.